The van der Waals surface area contributed by atoms with Crippen molar-refractivity contribution < 1.29 is 0 Å². The van der Waals surface area contributed by atoms with Crippen molar-refractivity contribution in [2.45, 2.75) is 38.8 Å². The van der Waals surface area contributed by atoms with E-state index in [0.717, 1.165) is 12.8 Å². The molecule has 0 saturated heterocycles. The molecular weight excluding hydrogens is 254 g/mol. The monoisotopic (exact) mass is 275 g/mol. The van der Waals surface area contributed by atoms with Crippen molar-refractivity contribution in [3.63, 3.8) is 0 Å². The van der Waals surface area contributed by atoms with Crippen molar-refractivity contribution in [3.05, 3.63) is 59.2 Å². The Labute approximate surface area is 127 Å². The SMILES string of the molecule is C#CCC(C)NC(C)c1ccc2c(c1)Cc1ccccc1-2. The van der Waals surface area contributed by atoms with E-state index in [1.165, 1.54) is 27.8 Å². The van der Waals surface area contributed by atoms with Gasteiger partial charge in [-0.25, -0.2) is 0 Å². The summed E-state index contributed by atoms with van der Waals surface area (Å²) in [4.78, 5) is 0. The van der Waals surface area contributed by atoms with Crippen LogP contribution in [0, 0.1) is 12.3 Å². The standard InChI is InChI=1S/C20H21N/c1-4-7-14(2)21-15(3)16-10-11-20-18(12-16)13-17-8-5-6-9-19(17)20/h1,5-6,8-12,14-15,21H,7,13H2,2-3H3. The number of hydrogen-bond donors (Lipinski definition) is 1. The Bertz CT molecular complexity index is 693. The molecule has 0 aromatic heterocycles. The van der Waals surface area contributed by atoms with Gasteiger partial charge in [-0.3, -0.25) is 0 Å². The van der Waals surface area contributed by atoms with E-state index in [1.54, 1.807) is 0 Å². The Balaban J connectivity index is 1.82. The Morgan fingerprint density at radius 1 is 1.10 bits per heavy atom. The third-order valence-electron chi connectivity index (χ3n) is 4.28. The highest BCUT2D eigenvalue weighted by Crippen LogP contribution is 2.37. The maximum absolute atomic E-state index is 5.38. The lowest BCUT2D eigenvalue weighted by molar-refractivity contribution is 0.486. The van der Waals surface area contributed by atoms with Gasteiger partial charge in [-0.15, -0.1) is 12.3 Å². The molecule has 1 N–H and O–H groups in total. The highest BCUT2D eigenvalue weighted by Gasteiger charge is 2.19. The van der Waals surface area contributed by atoms with Crippen LogP contribution in [0.25, 0.3) is 11.1 Å². The molecule has 1 nitrogen and oxygen atoms in total. The molecule has 2 aromatic rings. The van der Waals surface area contributed by atoms with Crippen LogP contribution in [-0.4, -0.2) is 6.04 Å². The quantitative estimate of drug-likeness (QED) is 0.699. The third kappa shape index (κ3) is 2.73. The summed E-state index contributed by atoms with van der Waals surface area (Å²) in [7, 11) is 0. The molecule has 2 atom stereocenters. The van der Waals surface area contributed by atoms with Gasteiger partial charge in [0.15, 0.2) is 0 Å². The fraction of sp³-hybridized carbons (Fsp3) is 0.300. The molecule has 0 aliphatic heterocycles. The maximum atomic E-state index is 5.38. The second-order valence-corrected chi connectivity index (χ2v) is 5.95. The molecule has 0 fully saturated rings. The summed E-state index contributed by atoms with van der Waals surface area (Å²) in [6, 6.07) is 16.2. The number of rotatable bonds is 4. The van der Waals surface area contributed by atoms with E-state index < -0.39 is 0 Å². The van der Waals surface area contributed by atoms with Crippen LogP contribution in [-0.2, 0) is 6.42 Å². The summed E-state index contributed by atoms with van der Waals surface area (Å²) in [6.45, 7) is 4.34. The summed E-state index contributed by atoms with van der Waals surface area (Å²) in [5.74, 6) is 2.72. The summed E-state index contributed by atoms with van der Waals surface area (Å²) in [5.41, 5.74) is 6.99. The summed E-state index contributed by atoms with van der Waals surface area (Å²) >= 11 is 0. The number of fused-ring (bicyclic) bond motifs is 3. The highest BCUT2D eigenvalue weighted by molar-refractivity contribution is 5.76. The molecule has 106 valence electrons. The van der Waals surface area contributed by atoms with Gasteiger partial charge in [0.2, 0.25) is 0 Å². The van der Waals surface area contributed by atoms with Crippen molar-refractivity contribution in [2.75, 3.05) is 0 Å². The molecular formula is C20H21N. The molecule has 0 amide bonds. The van der Waals surface area contributed by atoms with E-state index in [-0.39, 0.29) is 0 Å². The second-order valence-electron chi connectivity index (χ2n) is 5.95. The lowest BCUT2D eigenvalue weighted by Gasteiger charge is -2.19. The van der Waals surface area contributed by atoms with Crippen LogP contribution < -0.4 is 5.32 Å². The first-order chi connectivity index (χ1) is 10.2. The van der Waals surface area contributed by atoms with Crippen molar-refractivity contribution in [1.29, 1.82) is 0 Å². The van der Waals surface area contributed by atoms with Gasteiger partial charge in [0.25, 0.3) is 0 Å². The summed E-state index contributed by atoms with van der Waals surface area (Å²) in [6.07, 6.45) is 7.19. The normalized spacial score (nSPS) is 14.9. The van der Waals surface area contributed by atoms with Crippen LogP contribution in [0.2, 0.25) is 0 Å². The minimum Gasteiger partial charge on any atom is -0.307 e. The van der Waals surface area contributed by atoms with Crippen molar-refractivity contribution in [2.24, 2.45) is 0 Å². The second kappa shape index (κ2) is 5.76. The van der Waals surface area contributed by atoms with Gasteiger partial charge in [0.05, 0.1) is 0 Å². The van der Waals surface area contributed by atoms with E-state index in [4.69, 9.17) is 6.42 Å². The zero-order chi connectivity index (χ0) is 14.8. The Morgan fingerprint density at radius 2 is 1.86 bits per heavy atom. The zero-order valence-corrected chi connectivity index (χ0v) is 12.7. The fourth-order valence-electron chi connectivity index (χ4n) is 3.19. The largest absolute Gasteiger partial charge is 0.307 e. The predicted octanol–water partition coefficient (Wildman–Crippen LogP) is 4.32. The predicted molar refractivity (Wildman–Crippen MR) is 89.1 cm³/mol. The molecule has 1 aliphatic carbocycles. The number of hydrogen-bond acceptors (Lipinski definition) is 1. The molecule has 0 spiro atoms. The highest BCUT2D eigenvalue weighted by atomic mass is 14.9. The van der Waals surface area contributed by atoms with E-state index in [0.29, 0.717) is 12.1 Å². The van der Waals surface area contributed by atoms with E-state index in [9.17, 15) is 0 Å². The molecule has 0 radical (unpaired) electrons. The molecule has 0 saturated carbocycles. The van der Waals surface area contributed by atoms with Crippen LogP contribution in [0.5, 0.6) is 0 Å². The first-order valence-corrected chi connectivity index (χ1v) is 7.59. The van der Waals surface area contributed by atoms with Gasteiger partial charge in [-0.05, 0) is 48.1 Å². The van der Waals surface area contributed by atoms with Crippen LogP contribution in [0.4, 0.5) is 0 Å². The first-order valence-electron chi connectivity index (χ1n) is 7.59. The smallest absolute Gasteiger partial charge is 0.0294 e. The van der Waals surface area contributed by atoms with Gasteiger partial charge in [0.1, 0.15) is 0 Å². The van der Waals surface area contributed by atoms with Crippen molar-refractivity contribution in [3.8, 4) is 23.5 Å². The molecule has 21 heavy (non-hydrogen) atoms. The van der Waals surface area contributed by atoms with Crippen LogP contribution >= 0.6 is 0 Å². The fourth-order valence-corrected chi connectivity index (χ4v) is 3.19. The summed E-state index contributed by atoms with van der Waals surface area (Å²) < 4.78 is 0. The van der Waals surface area contributed by atoms with Crippen LogP contribution in [0.15, 0.2) is 42.5 Å². The molecule has 1 aliphatic rings. The summed E-state index contributed by atoms with van der Waals surface area (Å²) in [5, 5.41) is 3.57. The van der Waals surface area contributed by atoms with Crippen molar-refractivity contribution in [1.82, 2.24) is 5.32 Å². The van der Waals surface area contributed by atoms with Gasteiger partial charge in [-0.1, -0.05) is 42.5 Å². The molecule has 2 aromatic carbocycles. The van der Waals surface area contributed by atoms with Gasteiger partial charge >= 0.3 is 0 Å². The van der Waals surface area contributed by atoms with E-state index >= 15 is 0 Å². The van der Waals surface area contributed by atoms with Crippen LogP contribution in [0.3, 0.4) is 0 Å². The zero-order valence-electron chi connectivity index (χ0n) is 12.7. The van der Waals surface area contributed by atoms with Gasteiger partial charge in [-0.2, -0.15) is 0 Å². The molecule has 0 heterocycles. The lowest BCUT2D eigenvalue weighted by Crippen LogP contribution is -2.28. The average molecular weight is 275 g/mol. The van der Waals surface area contributed by atoms with E-state index in [2.05, 4.69) is 67.5 Å². The van der Waals surface area contributed by atoms with E-state index in [1.807, 2.05) is 0 Å². The van der Waals surface area contributed by atoms with Crippen molar-refractivity contribution >= 4 is 0 Å². The maximum Gasteiger partial charge on any atom is 0.0294 e. The Kier molecular flexibility index (Phi) is 3.82. The average Bonchev–Trinajstić information content (AvgIpc) is 2.85. The number of terminal acetylenes is 1. The molecule has 1 heteroatoms. The molecule has 2 unspecified atom stereocenters. The molecule has 0 bridgehead atoms. The minimum absolute atomic E-state index is 0.322. The van der Waals surface area contributed by atoms with Crippen LogP contribution in [0.1, 0.15) is 43.0 Å². The Hall–Kier alpha value is -2.04. The number of nitrogens with one attached hydrogen (secondary N) is 1. The first kappa shape index (κ1) is 13.9. The number of benzene rings is 2. The van der Waals surface area contributed by atoms with Gasteiger partial charge < -0.3 is 5.32 Å². The minimum atomic E-state index is 0.322. The lowest BCUT2D eigenvalue weighted by atomic mass is 9.99. The molecule has 3 rings (SSSR count). The third-order valence-corrected chi connectivity index (χ3v) is 4.28. The van der Waals surface area contributed by atoms with Gasteiger partial charge in [0, 0.05) is 18.5 Å². The topological polar surface area (TPSA) is 12.0 Å². The Morgan fingerprint density at radius 3 is 2.67 bits per heavy atom.